The zero-order valence-corrected chi connectivity index (χ0v) is 16.0. The van der Waals surface area contributed by atoms with Gasteiger partial charge in [0, 0.05) is 22.3 Å². The van der Waals surface area contributed by atoms with Gasteiger partial charge in [-0.2, -0.15) is 0 Å². The number of alkyl carbamates (subject to hydrolysis) is 1. The lowest BCUT2D eigenvalue weighted by atomic mass is 10.2. The smallest absolute Gasteiger partial charge is 0.407 e. The number of rotatable bonds is 4. The molecule has 25 heavy (non-hydrogen) atoms. The van der Waals surface area contributed by atoms with Gasteiger partial charge in [0.25, 0.3) is 5.91 Å². The molecule has 0 aliphatic rings. The van der Waals surface area contributed by atoms with Gasteiger partial charge in [0.2, 0.25) is 0 Å². The largest absolute Gasteiger partial charge is 0.444 e. The number of ether oxygens (including phenoxy) is 1. The first kappa shape index (κ1) is 19.0. The van der Waals surface area contributed by atoms with Gasteiger partial charge in [-0.3, -0.25) is 4.79 Å². The molecule has 2 aromatic carbocycles. The molecular weight excluding hydrogens is 384 g/mol. The van der Waals surface area contributed by atoms with E-state index in [1.165, 1.54) is 0 Å². The van der Waals surface area contributed by atoms with Crippen LogP contribution in [0, 0.1) is 0 Å². The average molecular weight is 405 g/mol. The van der Waals surface area contributed by atoms with Crippen LogP contribution in [0.25, 0.3) is 0 Å². The summed E-state index contributed by atoms with van der Waals surface area (Å²) >= 11 is 3.34. The topological polar surface area (TPSA) is 67.4 Å². The van der Waals surface area contributed by atoms with Crippen molar-refractivity contribution in [2.75, 3.05) is 5.32 Å². The summed E-state index contributed by atoms with van der Waals surface area (Å²) in [6.07, 6.45) is -0.458. The number of hydrogen-bond donors (Lipinski definition) is 2. The minimum atomic E-state index is -0.523. The Morgan fingerprint density at radius 1 is 1.00 bits per heavy atom. The first-order chi connectivity index (χ1) is 11.7. The van der Waals surface area contributed by atoms with E-state index in [1.54, 1.807) is 24.3 Å². The third-order valence-electron chi connectivity index (χ3n) is 3.15. The van der Waals surface area contributed by atoms with Gasteiger partial charge in [0.05, 0.1) is 0 Å². The molecule has 132 valence electrons. The lowest BCUT2D eigenvalue weighted by molar-refractivity contribution is 0.0523. The average Bonchev–Trinajstić information content (AvgIpc) is 2.53. The number of carbonyl (C=O) groups excluding carboxylic acids is 2. The number of halogens is 1. The Bertz CT molecular complexity index is 735. The van der Waals surface area contributed by atoms with Crippen LogP contribution in [0.4, 0.5) is 10.5 Å². The van der Waals surface area contributed by atoms with E-state index in [0.29, 0.717) is 17.8 Å². The van der Waals surface area contributed by atoms with Crippen LogP contribution in [0.3, 0.4) is 0 Å². The van der Waals surface area contributed by atoms with Crippen molar-refractivity contribution < 1.29 is 14.3 Å². The van der Waals surface area contributed by atoms with E-state index < -0.39 is 11.7 Å². The van der Waals surface area contributed by atoms with E-state index >= 15 is 0 Å². The van der Waals surface area contributed by atoms with Crippen molar-refractivity contribution in [1.29, 1.82) is 0 Å². The van der Waals surface area contributed by atoms with Gasteiger partial charge in [-0.15, -0.1) is 0 Å². The third-order valence-corrected chi connectivity index (χ3v) is 3.68. The Labute approximate surface area is 155 Å². The van der Waals surface area contributed by atoms with Gasteiger partial charge in [-0.25, -0.2) is 4.79 Å². The molecule has 0 saturated carbocycles. The van der Waals surface area contributed by atoms with Gasteiger partial charge in [0.15, 0.2) is 0 Å². The van der Waals surface area contributed by atoms with E-state index in [2.05, 4.69) is 26.6 Å². The summed E-state index contributed by atoms with van der Waals surface area (Å²) in [6, 6.07) is 14.4. The fourth-order valence-corrected chi connectivity index (χ4v) is 2.26. The van der Waals surface area contributed by atoms with Gasteiger partial charge < -0.3 is 15.4 Å². The lowest BCUT2D eigenvalue weighted by Crippen LogP contribution is -2.32. The van der Waals surface area contributed by atoms with Crippen molar-refractivity contribution in [2.24, 2.45) is 0 Å². The molecule has 0 spiro atoms. The first-order valence-corrected chi connectivity index (χ1v) is 8.65. The second kappa shape index (κ2) is 8.16. The minimum absolute atomic E-state index is 0.174. The highest BCUT2D eigenvalue weighted by atomic mass is 79.9. The van der Waals surface area contributed by atoms with Crippen molar-refractivity contribution >= 4 is 33.6 Å². The molecule has 5 nitrogen and oxygen atoms in total. The highest BCUT2D eigenvalue weighted by molar-refractivity contribution is 9.10. The Hall–Kier alpha value is -2.34. The van der Waals surface area contributed by atoms with E-state index in [4.69, 9.17) is 4.74 Å². The summed E-state index contributed by atoms with van der Waals surface area (Å²) in [6.45, 7) is 5.80. The summed E-state index contributed by atoms with van der Waals surface area (Å²) < 4.78 is 6.10. The van der Waals surface area contributed by atoms with Crippen LogP contribution in [-0.2, 0) is 11.3 Å². The Balaban J connectivity index is 1.88. The molecule has 0 unspecified atom stereocenters. The summed E-state index contributed by atoms with van der Waals surface area (Å²) in [7, 11) is 0. The number of hydrogen-bond acceptors (Lipinski definition) is 3. The van der Waals surface area contributed by atoms with Crippen molar-refractivity contribution in [3.05, 3.63) is 64.1 Å². The highest BCUT2D eigenvalue weighted by Gasteiger charge is 2.15. The van der Waals surface area contributed by atoms with E-state index in [0.717, 1.165) is 10.0 Å². The van der Waals surface area contributed by atoms with Crippen LogP contribution >= 0.6 is 15.9 Å². The summed E-state index contributed by atoms with van der Waals surface area (Å²) in [5.74, 6) is -0.174. The number of nitrogens with one attached hydrogen (secondary N) is 2. The molecule has 2 aromatic rings. The lowest BCUT2D eigenvalue weighted by Gasteiger charge is -2.19. The van der Waals surface area contributed by atoms with Crippen LogP contribution < -0.4 is 10.6 Å². The van der Waals surface area contributed by atoms with Crippen molar-refractivity contribution in [3.8, 4) is 0 Å². The molecular formula is C19H21BrN2O3. The monoisotopic (exact) mass is 404 g/mol. The summed E-state index contributed by atoms with van der Waals surface area (Å²) in [4.78, 5) is 23.8. The minimum Gasteiger partial charge on any atom is -0.444 e. The van der Waals surface area contributed by atoms with Crippen LogP contribution in [0.1, 0.15) is 36.7 Å². The molecule has 0 aliphatic heterocycles. The fourth-order valence-electron chi connectivity index (χ4n) is 2.00. The van der Waals surface area contributed by atoms with Crippen LogP contribution in [-0.4, -0.2) is 17.6 Å². The molecule has 0 saturated heterocycles. The van der Waals surface area contributed by atoms with Gasteiger partial charge in [-0.05, 0) is 62.7 Å². The molecule has 0 atom stereocenters. The SMILES string of the molecule is CC(C)(C)OC(=O)NCc1ccc(NC(=O)c2ccc(Br)cc2)cc1. The number of benzene rings is 2. The van der Waals surface area contributed by atoms with Crippen LogP contribution in [0.5, 0.6) is 0 Å². The molecule has 0 bridgehead atoms. The second-order valence-electron chi connectivity index (χ2n) is 6.51. The Morgan fingerprint density at radius 3 is 2.16 bits per heavy atom. The predicted octanol–water partition coefficient (Wildman–Crippen LogP) is 4.73. The molecule has 2 N–H and O–H groups in total. The predicted molar refractivity (Wildman–Crippen MR) is 102 cm³/mol. The van der Waals surface area contributed by atoms with Crippen molar-refractivity contribution in [3.63, 3.8) is 0 Å². The molecule has 0 aromatic heterocycles. The van der Waals surface area contributed by atoms with Gasteiger partial charge in [-0.1, -0.05) is 28.1 Å². The zero-order chi connectivity index (χ0) is 18.4. The van der Waals surface area contributed by atoms with Crippen molar-refractivity contribution in [1.82, 2.24) is 5.32 Å². The number of amides is 2. The quantitative estimate of drug-likeness (QED) is 0.773. The van der Waals surface area contributed by atoms with E-state index in [-0.39, 0.29) is 5.91 Å². The van der Waals surface area contributed by atoms with E-state index in [1.807, 2.05) is 45.0 Å². The molecule has 0 radical (unpaired) electrons. The summed E-state index contributed by atoms with van der Waals surface area (Å²) in [5, 5.41) is 5.53. The molecule has 0 fully saturated rings. The highest BCUT2D eigenvalue weighted by Crippen LogP contribution is 2.14. The molecule has 2 rings (SSSR count). The van der Waals surface area contributed by atoms with Crippen molar-refractivity contribution in [2.45, 2.75) is 32.9 Å². The van der Waals surface area contributed by atoms with E-state index in [9.17, 15) is 9.59 Å². The zero-order valence-electron chi connectivity index (χ0n) is 14.4. The maximum absolute atomic E-state index is 12.2. The molecule has 0 heterocycles. The number of anilines is 1. The third kappa shape index (κ3) is 6.58. The molecule has 2 amide bonds. The maximum atomic E-state index is 12.2. The standard InChI is InChI=1S/C19H21BrN2O3/c1-19(2,3)25-18(24)21-12-13-4-10-16(11-5-13)22-17(23)14-6-8-15(20)9-7-14/h4-11H,12H2,1-3H3,(H,21,24)(H,22,23). The fraction of sp³-hybridized carbons (Fsp3) is 0.263. The van der Waals surface area contributed by atoms with Crippen LogP contribution in [0.15, 0.2) is 53.0 Å². The molecule has 6 heteroatoms. The Kier molecular flexibility index (Phi) is 6.20. The molecule has 0 aliphatic carbocycles. The first-order valence-electron chi connectivity index (χ1n) is 7.86. The second-order valence-corrected chi connectivity index (χ2v) is 7.43. The maximum Gasteiger partial charge on any atom is 0.407 e. The van der Waals surface area contributed by atoms with Crippen LogP contribution in [0.2, 0.25) is 0 Å². The van der Waals surface area contributed by atoms with Gasteiger partial charge in [0.1, 0.15) is 5.60 Å². The number of carbonyl (C=O) groups is 2. The normalized spacial score (nSPS) is 10.9. The Morgan fingerprint density at radius 2 is 1.60 bits per heavy atom. The van der Waals surface area contributed by atoms with Gasteiger partial charge >= 0.3 is 6.09 Å². The summed E-state index contributed by atoms with van der Waals surface area (Å²) in [5.41, 5.74) is 1.66.